The number of amides is 3. The number of carbonyl (C=O) groups excluding carboxylic acids is 2. The van der Waals surface area contributed by atoms with Gasteiger partial charge in [-0.2, -0.15) is 0 Å². The van der Waals surface area contributed by atoms with Crippen molar-refractivity contribution in [1.82, 2.24) is 5.32 Å². The third-order valence-corrected chi connectivity index (χ3v) is 3.49. The van der Waals surface area contributed by atoms with Crippen LogP contribution in [0.5, 0.6) is 0 Å². The first-order chi connectivity index (χ1) is 11.3. The van der Waals surface area contributed by atoms with Crippen molar-refractivity contribution in [3.05, 3.63) is 58.3 Å². The van der Waals surface area contributed by atoms with Crippen LogP contribution in [-0.2, 0) is 0 Å². The molecule has 3 amide bonds. The summed E-state index contributed by atoms with van der Waals surface area (Å²) in [5.74, 6) is -1.15. The Balaban J connectivity index is 2.02. The van der Waals surface area contributed by atoms with E-state index >= 15 is 0 Å². The highest BCUT2D eigenvalue weighted by atomic mass is 79.9. The first-order valence-electron chi connectivity index (χ1n) is 7.29. The van der Waals surface area contributed by atoms with E-state index < -0.39 is 11.7 Å². The van der Waals surface area contributed by atoms with Gasteiger partial charge in [-0.1, -0.05) is 15.9 Å². The van der Waals surface area contributed by atoms with Crippen molar-refractivity contribution in [2.45, 2.75) is 19.9 Å². The molecule has 24 heavy (non-hydrogen) atoms. The third-order valence-electron chi connectivity index (χ3n) is 2.99. The number of anilines is 2. The number of rotatable bonds is 4. The van der Waals surface area contributed by atoms with E-state index in [1.807, 2.05) is 13.8 Å². The highest BCUT2D eigenvalue weighted by Gasteiger charge is 2.12. The van der Waals surface area contributed by atoms with E-state index in [0.717, 1.165) is 0 Å². The van der Waals surface area contributed by atoms with Crippen LogP contribution < -0.4 is 16.0 Å². The first-order valence-corrected chi connectivity index (χ1v) is 8.08. The maximum absolute atomic E-state index is 13.7. The van der Waals surface area contributed by atoms with Gasteiger partial charge in [0.15, 0.2) is 0 Å². The van der Waals surface area contributed by atoms with Gasteiger partial charge in [0.1, 0.15) is 5.82 Å². The van der Waals surface area contributed by atoms with Gasteiger partial charge in [0.2, 0.25) is 0 Å². The van der Waals surface area contributed by atoms with Crippen LogP contribution in [0.3, 0.4) is 0 Å². The molecule has 2 rings (SSSR count). The second-order valence-corrected chi connectivity index (χ2v) is 6.32. The molecule has 7 heteroatoms. The Kier molecular flexibility index (Phi) is 5.92. The van der Waals surface area contributed by atoms with Gasteiger partial charge in [-0.25, -0.2) is 9.18 Å². The smallest absolute Gasteiger partial charge is 0.319 e. The van der Waals surface area contributed by atoms with Gasteiger partial charge in [0, 0.05) is 21.9 Å². The molecule has 0 saturated carbocycles. The maximum atomic E-state index is 13.7. The van der Waals surface area contributed by atoms with Crippen molar-refractivity contribution >= 4 is 39.2 Å². The fourth-order valence-electron chi connectivity index (χ4n) is 1.94. The SMILES string of the molecule is CC(C)NC(=O)Nc1ccc(NC(=O)c2cc(Br)ccc2F)cc1. The molecular weight excluding hydrogens is 377 g/mol. The van der Waals surface area contributed by atoms with E-state index in [2.05, 4.69) is 31.9 Å². The molecule has 0 unspecified atom stereocenters. The number of halogens is 2. The fourth-order valence-corrected chi connectivity index (χ4v) is 2.30. The molecule has 2 aromatic rings. The van der Waals surface area contributed by atoms with Gasteiger partial charge in [-0.05, 0) is 56.3 Å². The molecule has 2 aromatic carbocycles. The molecule has 0 aliphatic heterocycles. The Labute approximate surface area is 147 Å². The van der Waals surface area contributed by atoms with Crippen LogP contribution in [0.25, 0.3) is 0 Å². The van der Waals surface area contributed by atoms with E-state index in [9.17, 15) is 14.0 Å². The third kappa shape index (κ3) is 5.06. The minimum absolute atomic E-state index is 0.0312. The summed E-state index contributed by atoms with van der Waals surface area (Å²) in [5.41, 5.74) is 1.02. The molecule has 5 nitrogen and oxygen atoms in total. The summed E-state index contributed by atoms with van der Waals surface area (Å²) in [6.45, 7) is 3.72. The van der Waals surface area contributed by atoms with Gasteiger partial charge in [0.05, 0.1) is 5.56 Å². The van der Waals surface area contributed by atoms with Crippen LogP contribution in [0.15, 0.2) is 46.9 Å². The second kappa shape index (κ2) is 7.92. The number of benzene rings is 2. The quantitative estimate of drug-likeness (QED) is 0.721. The summed E-state index contributed by atoms with van der Waals surface area (Å²) in [4.78, 5) is 23.7. The van der Waals surface area contributed by atoms with Gasteiger partial charge in [-0.3, -0.25) is 4.79 Å². The summed E-state index contributed by atoms with van der Waals surface area (Å²) in [6.07, 6.45) is 0. The van der Waals surface area contributed by atoms with Gasteiger partial charge >= 0.3 is 6.03 Å². The monoisotopic (exact) mass is 393 g/mol. The molecule has 0 aliphatic carbocycles. The highest BCUT2D eigenvalue weighted by Crippen LogP contribution is 2.18. The molecule has 0 radical (unpaired) electrons. The van der Waals surface area contributed by atoms with Crippen molar-refractivity contribution in [2.75, 3.05) is 10.6 Å². The average Bonchev–Trinajstić information content (AvgIpc) is 2.50. The van der Waals surface area contributed by atoms with Crippen molar-refractivity contribution < 1.29 is 14.0 Å². The van der Waals surface area contributed by atoms with Crippen molar-refractivity contribution in [3.8, 4) is 0 Å². The minimum atomic E-state index is -0.598. The summed E-state index contributed by atoms with van der Waals surface area (Å²) in [6, 6.07) is 10.4. The van der Waals surface area contributed by atoms with E-state index in [0.29, 0.717) is 15.8 Å². The van der Waals surface area contributed by atoms with Crippen LogP contribution in [0.1, 0.15) is 24.2 Å². The highest BCUT2D eigenvalue weighted by molar-refractivity contribution is 9.10. The Morgan fingerprint density at radius 2 is 1.58 bits per heavy atom. The summed E-state index contributed by atoms with van der Waals surface area (Å²) < 4.78 is 14.3. The van der Waals surface area contributed by atoms with Crippen molar-refractivity contribution in [2.24, 2.45) is 0 Å². The van der Waals surface area contributed by atoms with E-state index in [-0.39, 0.29) is 17.6 Å². The number of carbonyl (C=O) groups is 2. The van der Waals surface area contributed by atoms with Gasteiger partial charge in [0.25, 0.3) is 5.91 Å². The zero-order valence-corrected chi connectivity index (χ0v) is 14.8. The number of hydrogen-bond donors (Lipinski definition) is 3. The topological polar surface area (TPSA) is 70.2 Å². The Bertz CT molecular complexity index is 748. The zero-order chi connectivity index (χ0) is 17.7. The predicted molar refractivity (Wildman–Crippen MR) is 95.8 cm³/mol. The van der Waals surface area contributed by atoms with Crippen LogP contribution in [0, 0.1) is 5.82 Å². The first kappa shape index (κ1) is 17.9. The molecule has 0 aliphatic rings. The number of nitrogens with one attached hydrogen (secondary N) is 3. The summed E-state index contributed by atoms with van der Waals surface area (Å²) in [5, 5.41) is 7.99. The van der Waals surface area contributed by atoms with E-state index in [4.69, 9.17) is 0 Å². The molecule has 0 atom stereocenters. The molecule has 126 valence electrons. The lowest BCUT2D eigenvalue weighted by molar-refractivity contribution is 0.102. The fraction of sp³-hybridized carbons (Fsp3) is 0.176. The molecule has 0 spiro atoms. The molecular formula is C17H17BrFN3O2. The van der Waals surface area contributed by atoms with Crippen LogP contribution >= 0.6 is 15.9 Å². The largest absolute Gasteiger partial charge is 0.336 e. The Hall–Kier alpha value is -2.41. The van der Waals surface area contributed by atoms with Crippen molar-refractivity contribution in [3.63, 3.8) is 0 Å². The van der Waals surface area contributed by atoms with Crippen molar-refractivity contribution in [1.29, 1.82) is 0 Å². The average molecular weight is 394 g/mol. The predicted octanol–water partition coefficient (Wildman–Crippen LogP) is 4.37. The zero-order valence-electron chi connectivity index (χ0n) is 13.2. The van der Waals surface area contributed by atoms with Gasteiger partial charge < -0.3 is 16.0 Å². The van der Waals surface area contributed by atoms with Crippen LogP contribution in [0.4, 0.5) is 20.6 Å². The lowest BCUT2D eigenvalue weighted by atomic mass is 10.2. The summed E-state index contributed by atoms with van der Waals surface area (Å²) in [7, 11) is 0. The lowest BCUT2D eigenvalue weighted by Crippen LogP contribution is -2.34. The van der Waals surface area contributed by atoms with E-state index in [1.165, 1.54) is 18.2 Å². The molecule has 0 heterocycles. The summed E-state index contributed by atoms with van der Waals surface area (Å²) >= 11 is 3.21. The molecule has 0 aromatic heterocycles. The molecule has 0 saturated heterocycles. The normalized spacial score (nSPS) is 10.4. The van der Waals surface area contributed by atoms with Crippen LogP contribution in [0.2, 0.25) is 0 Å². The Morgan fingerprint density at radius 3 is 2.17 bits per heavy atom. The Morgan fingerprint density at radius 1 is 1.00 bits per heavy atom. The minimum Gasteiger partial charge on any atom is -0.336 e. The maximum Gasteiger partial charge on any atom is 0.319 e. The van der Waals surface area contributed by atoms with Crippen LogP contribution in [-0.4, -0.2) is 18.0 Å². The molecule has 0 fully saturated rings. The standard InChI is InChI=1S/C17H17BrFN3O2/c1-10(2)20-17(24)22-13-6-4-12(5-7-13)21-16(23)14-9-11(18)3-8-15(14)19/h3-10H,1-2H3,(H,21,23)(H2,20,22,24). The van der Waals surface area contributed by atoms with E-state index in [1.54, 1.807) is 24.3 Å². The van der Waals surface area contributed by atoms with Gasteiger partial charge in [-0.15, -0.1) is 0 Å². The number of hydrogen-bond acceptors (Lipinski definition) is 2. The number of urea groups is 1. The second-order valence-electron chi connectivity index (χ2n) is 5.41. The molecule has 3 N–H and O–H groups in total. The lowest BCUT2D eigenvalue weighted by Gasteiger charge is -2.11. The molecule has 0 bridgehead atoms.